The van der Waals surface area contributed by atoms with E-state index in [2.05, 4.69) is 4.98 Å². The lowest BCUT2D eigenvalue weighted by Gasteiger charge is -2.08. The molecule has 2 aromatic rings. The summed E-state index contributed by atoms with van der Waals surface area (Å²) >= 11 is 0. The van der Waals surface area contributed by atoms with Gasteiger partial charge < -0.3 is 4.74 Å². The highest BCUT2D eigenvalue weighted by Gasteiger charge is 2.13. The quantitative estimate of drug-likeness (QED) is 0.796. The molecule has 0 aliphatic heterocycles. The summed E-state index contributed by atoms with van der Waals surface area (Å²) in [5, 5.41) is 0. The molecule has 0 radical (unpaired) electrons. The molecule has 106 valence electrons. The second-order valence-corrected chi connectivity index (χ2v) is 6.55. The zero-order valence-electron chi connectivity index (χ0n) is 10.3. The fraction of sp³-hybridized carbons (Fsp3) is 0.154. The van der Waals surface area contributed by atoms with Crippen LogP contribution in [-0.4, -0.2) is 20.0 Å². The van der Waals surface area contributed by atoms with Crippen LogP contribution < -0.4 is 4.74 Å². The van der Waals surface area contributed by atoms with Crippen LogP contribution in [0.3, 0.4) is 0 Å². The summed E-state index contributed by atoms with van der Waals surface area (Å²) in [4.78, 5) is 3.59. The third-order valence-electron chi connectivity index (χ3n) is 2.58. The minimum absolute atomic E-state index is 0.0110. The number of hydrogen-bond acceptors (Lipinski definition) is 4. The number of hydrogen-bond donors (Lipinski definition) is 0. The predicted octanol–water partition coefficient (Wildman–Crippen LogP) is 2.77. The summed E-state index contributed by atoms with van der Waals surface area (Å²) in [6.07, 6.45) is 3.92. The molecule has 0 unspecified atom stereocenters. The van der Waals surface area contributed by atoms with Crippen LogP contribution in [0.4, 0.5) is 4.39 Å². The van der Waals surface area contributed by atoms with Gasteiger partial charge in [-0.2, -0.15) is 0 Å². The highest BCUT2D eigenvalue weighted by Crippen LogP contribution is 2.23. The Morgan fingerprint density at radius 2 is 1.90 bits per heavy atom. The fourth-order valence-electron chi connectivity index (χ4n) is 1.58. The number of ether oxygens (including phenoxy) is 1. The van der Waals surface area contributed by atoms with Crippen LogP contribution in [0.2, 0.25) is 0 Å². The van der Waals surface area contributed by atoms with Crippen molar-refractivity contribution in [2.75, 3.05) is 6.61 Å². The molecule has 0 spiro atoms. The molecule has 0 saturated heterocycles. The number of aromatic nitrogens is 1. The van der Waals surface area contributed by atoms with E-state index in [0.717, 1.165) is 11.6 Å². The number of nitrogens with zero attached hydrogens (tertiary/aromatic N) is 1. The Morgan fingerprint density at radius 3 is 2.50 bits per heavy atom. The molecule has 4 nitrogen and oxygen atoms in total. The van der Waals surface area contributed by atoms with Crippen molar-refractivity contribution in [2.24, 2.45) is 0 Å². The van der Waals surface area contributed by atoms with E-state index in [1.54, 1.807) is 12.4 Å². The third-order valence-corrected chi connectivity index (χ3v) is 3.93. The molecular weight excluding hydrogens is 305 g/mol. The normalized spacial score (nSPS) is 11.3. The molecule has 20 heavy (non-hydrogen) atoms. The molecule has 2 rings (SSSR count). The highest BCUT2D eigenvalue weighted by atomic mass is 35.7. The SMILES string of the molecule is O=S(=O)(Cl)c1ccc(OCCc2ccncc2)c(F)c1. The third kappa shape index (κ3) is 3.91. The van der Waals surface area contributed by atoms with Crippen LogP contribution >= 0.6 is 10.7 Å². The zero-order valence-corrected chi connectivity index (χ0v) is 11.9. The van der Waals surface area contributed by atoms with Crippen molar-refractivity contribution in [3.05, 3.63) is 54.1 Å². The Balaban J connectivity index is 2.00. The minimum Gasteiger partial charge on any atom is -0.490 e. The molecule has 0 bridgehead atoms. The maximum absolute atomic E-state index is 13.6. The van der Waals surface area contributed by atoms with E-state index < -0.39 is 14.9 Å². The van der Waals surface area contributed by atoms with Crippen LogP contribution in [0.15, 0.2) is 47.6 Å². The zero-order chi connectivity index (χ0) is 14.6. The number of rotatable bonds is 5. The van der Waals surface area contributed by atoms with Crippen molar-refractivity contribution in [3.63, 3.8) is 0 Å². The molecule has 1 aromatic heterocycles. The monoisotopic (exact) mass is 315 g/mol. The molecule has 0 aliphatic rings. The standard InChI is InChI=1S/C13H11ClFNO3S/c14-20(17,18)11-1-2-13(12(15)9-11)19-8-5-10-3-6-16-7-4-10/h1-4,6-7,9H,5,8H2. The molecule has 0 N–H and O–H groups in total. The molecule has 0 aliphatic carbocycles. The van der Waals surface area contributed by atoms with Gasteiger partial charge in [0.2, 0.25) is 0 Å². The minimum atomic E-state index is -3.94. The number of pyridine rings is 1. The number of benzene rings is 1. The summed E-state index contributed by atoms with van der Waals surface area (Å²) < 4.78 is 41.0. The van der Waals surface area contributed by atoms with E-state index in [9.17, 15) is 12.8 Å². The van der Waals surface area contributed by atoms with Gasteiger partial charge in [-0.05, 0) is 35.9 Å². The molecule has 0 fully saturated rings. The van der Waals surface area contributed by atoms with E-state index in [-0.39, 0.29) is 17.3 Å². The topological polar surface area (TPSA) is 56.3 Å². The van der Waals surface area contributed by atoms with Gasteiger partial charge in [-0.3, -0.25) is 4.98 Å². The van der Waals surface area contributed by atoms with Gasteiger partial charge >= 0.3 is 0 Å². The van der Waals surface area contributed by atoms with Crippen molar-refractivity contribution in [1.29, 1.82) is 0 Å². The first-order valence-electron chi connectivity index (χ1n) is 5.73. The van der Waals surface area contributed by atoms with Crippen LogP contribution in [0.1, 0.15) is 5.56 Å². The smallest absolute Gasteiger partial charge is 0.261 e. The predicted molar refractivity (Wildman–Crippen MR) is 72.9 cm³/mol. The molecule has 7 heteroatoms. The lowest BCUT2D eigenvalue weighted by Crippen LogP contribution is -2.03. The largest absolute Gasteiger partial charge is 0.490 e. The molecular formula is C13H11ClFNO3S. The average Bonchev–Trinajstić information content (AvgIpc) is 2.40. The van der Waals surface area contributed by atoms with Crippen LogP contribution in [0.5, 0.6) is 5.75 Å². The van der Waals surface area contributed by atoms with Crippen LogP contribution in [0, 0.1) is 5.82 Å². The lowest BCUT2D eigenvalue weighted by molar-refractivity contribution is 0.305. The Morgan fingerprint density at radius 1 is 1.20 bits per heavy atom. The fourth-order valence-corrected chi connectivity index (χ4v) is 2.34. The summed E-state index contributed by atoms with van der Waals surface area (Å²) in [7, 11) is 1.19. The maximum Gasteiger partial charge on any atom is 0.261 e. The van der Waals surface area contributed by atoms with Gasteiger partial charge in [0.15, 0.2) is 11.6 Å². The van der Waals surface area contributed by atoms with Crippen molar-refractivity contribution in [2.45, 2.75) is 11.3 Å². The summed E-state index contributed by atoms with van der Waals surface area (Å²) in [5.41, 5.74) is 1.01. The molecule has 1 aromatic carbocycles. The Hall–Kier alpha value is -1.66. The first-order chi connectivity index (χ1) is 9.47. The Bertz CT molecular complexity index is 692. The van der Waals surface area contributed by atoms with Gasteiger partial charge in [0.05, 0.1) is 11.5 Å². The summed E-state index contributed by atoms with van der Waals surface area (Å²) in [6.45, 7) is 0.272. The van der Waals surface area contributed by atoms with Crippen molar-refractivity contribution >= 4 is 19.7 Å². The van der Waals surface area contributed by atoms with Crippen molar-refractivity contribution in [3.8, 4) is 5.75 Å². The van der Waals surface area contributed by atoms with E-state index in [1.807, 2.05) is 12.1 Å². The lowest BCUT2D eigenvalue weighted by atomic mass is 10.2. The molecule has 0 saturated carbocycles. The Labute approximate surface area is 120 Å². The Kier molecular flexibility index (Phi) is 4.57. The van der Waals surface area contributed by atoms with Gasteiger partial charge in [0.25, 0.3) is 9.05 Å². The van der Waals surface area contributed by atoms with E-state index >= 15 is 0 Å². The highest BCUT2D eigenvalue weighted by molar-refractivity contribution is 8.13. The van der Waals surface area contributed by atoms with Crippen LogP contribution in [-0.2, 0) is 15.5 Å². The molecule has 1 heterocycles. The molecule has 0 atom stereocenters. The van der Waals surface area contributed by atoms with Crippen LogP contribution in [0.25, 0.3) is 0 Å². The van der Waals surface area contributed by atoms with Gasteiger partial charge in [-0.1, -0.05) is 0 Å². The van der Waals surface area contributed by atoms with Gasteiger partial charge in [-0.15, -0.1) is 0 Å². The average molecular weight is 316 g/mol. The summed E-state index contributed by atoms with van der Waals surface area (Å²) in [6, 6.07) is 6.96. The first-order valence-corrected chi connectivity index (χ1v) is 8.03. The second-order valence-electron chi connectivity index (χ2n) is 3.98. The van der Waals surface area contributed by atoms with E-state index in [4.69, 9.17) is 15.4 Å². The molecule has 0 amide bonds. The first kappa shape index (κ1) is 14.7. The van der Waals surface area contributed by atoms with Crippen molar-refractivity contribution in [1.82, 2.24) is 4.98 Å². The maximum atomic E-state index is 13.6. The number of halogens is 2. The second kappa shape index (κ2) is 6.19. The van der Waals surface area contributed by atoms with Gasteiger partial charge in [0, 0.05) is 29.5 Å². The summed E-state index contributed by atoms with van der Waals surface area (Å²) in [5.74, 6) is -0.774. The van der Waals surface area contributed by atoms with Gasteiger partial charge in [0.1, 0.15) is 0 Å². The van der Waals surface area contributed by atoms with Crippen molar-refractivity contribution < 1.29 is 17.5 Å². The van der Waals surface area contributed by atoms with E-state index in [0.29, 0.717) is 6.42 Å². The van der Waals surface area contributed by atoms with E-state index in [1.165, 1.54) is 12.1 Å². The van der Waals surface area contributed by atoms with Gasteiger partial charge in [-0.25, -0.2) is 12.8 Å².